The average molecular weight is 415 g/mol. The summed E-state index contributed by atoms with van der Waals surface area (Å²) in [6.07, 6.45) is 1.48. The van der Waals surface area contributed by atoms with Crippen molar-refractivity contribution < 1.29 is 18.7 Å². The Morgan fingerprint density at radius 2 is 2.00 bits per heavy atom. The normalized spacial score (nSPS) is 14.8. The van der Waals surface area contributed by atoms with Gasteiger partial charge in [-0.2, -0.15) is 0 Å². The zero-order valence-corrected chi connectivity index (χ0v) is 16.9. The molecule has 0 radical (unpaired) electrons. The lowest BCUT2D eigenvalue weighted by Gasteiger charge is -2.31. The third-order valence-electron chi connectivity index (χ3n) is 4.93. The standard InChI is InChI=1S/C21H22FN3O3S/c1-27-16-5-2-14(3-6-16)13-23-20(26)25-10-8-17(9-11-25)28-21-24-18-7-4-15(22)12-19(18)29-21/h2-7,12,17H,8-11,13H2,1H3,(H,23,26). The van der Waals surface area contributed by atoms with Crippen LogP contribution in [0.25, 0.3) is 10.2 Å². The van der Waals surface area contributed by atoms with Crippen LogP contribution in [0.5, 0.6) is 10.9 Å². The number of fused-ring (bicyclic) bond motifs is 1. The monoisotopic (exact) mass is 415 g/mol. The van der Waals surface area contributed by atoms with Crippen LogP contribution in [0.3, 0.4) is 0 Å². The number of amides is 2. The molecular formula is C21H22FN3O3S. The van der Waals surface area contributed by atoms with Crippen molar-refractivity contribution in [1.82, 2.24) is 15.2 Å². The molecule has 2 amide bonds. The lowest BCUT2D eigenvalue weighted by atomic mass is 10.1. The quantitative estimate of drug-likeness (QED) is 0.679. The van der Waals surface area contributed by atoms with Crippen LogP contribution >= 0.6 is 11.3 Å². The largest absolute Gasteiger partial charge is 0.497 e. The van der Waals surface area contributed by atoms with E-state index >= 15 is 0 Å². The van der Waals surface area contributed by atoms with Gasteiger partial charge in [0.1, 0.15) is 17.7 Å². The number of hydrogen-bond donors (Lipinski definition) is 1. The summed E-state index contributed by atoms with van der Waals surface area (Å²) in [6.45, 7) is 1.72. The van der Waals surface area contributed by atoms with Crippen molar-refractivity contribution in [2.75, 3.05) is 20.2 Å². The summed E-state index contributed by atoms with van der Waals surface area (Å²) in [5.41, 5.74) is 1.76. The highest BCUT2D eigenvalue weighted by Crippen LogP contribution is 2.30. The Balaban J connectivity index is 1.25. The van der Waals surface area contributed by atoms with Crippen LogP contribution < -0.4 is 14.8 Å². The molecular weight excluding hydrogens is 393 g/mol. The van der Waals surface area contributed by atoms with Gasteiger partial charge in [-0.05, 0) is 35.9 Å². The van der Waals surface area contributed by atoms with E-state index in [1.54, 1.807) is 18.1 Å². The van der Waals surface area contributed by atoms with Crippen molar-refractivity contribution in [3.8, 4) is 10.9 Å². The van der Waals surface area contributed by atoms with Crippen LogP contribution in [0, 0.1) is 5.82 Å². The van der Waals surface area contributed by atoms with Crippen LogP contribution in [-0.2, 0) is 6.54 Å². The first kappa shape index (κ1) is 19.4. The van der Waals surface area contributed by atoms with Crippen LogP contribution in [0.15, 0.2) is 42.5 Å². The predicted octanol–water partition coefficient (Wildman–Crippen LogP) is 4.20. The number of carbonyl (C=O) groups excluding carboxylic acids is 1. The Morgan fingerprint density at radius 1 is 1.24 bits per heavy atom. The number of hydrogen-bond acceptors (Lipinski definition) is 5. The molecule has 1 fully saturated rings. The molecule has 0 atom stereocenters. The molecule has 1 aromatic heterocycles. The SMILES string of the molecule is COc1ccc(CNC(=O)N2CCC(Oc3nc4ccc(F)cc4s3)CC2)cc1. The van der Waals surface area contributed by atoms with E-state index < -0.39 is 0 Å². The molecule has 2 heterocycles. The van der Waals surface area contributed by atoms with Crippen molar-refractivity contribution in [3.05, 3.63) is 53.8 Å². The topological polar surface area (TPSA) is 63.7 Å². The number of nitrogens with one attached hydrogen (secondary N) is 1. The number of thiazole rings is 1. The second-order valence-electron chi connectivity index (χ2n) is 6.90. The van der Waals surface area contributed by atoms with Gasteiger partial charge in [0.15, 0.2) is 0 Å². The molecule has 152 valence electrons. The minimum atomic E-state index is -0.276. The smallest absolute Gasteiger partial charge is 0.317 e. The number of methoxy groups -OCH3 is 1. The molecule has 1 N–H and O–H groups in total. The zero-order valence-electron chi connectivity index (χ0n) is 16.1. The van der Waals surface area contributed by atoms with Crippen molar-refractivity contribution in [1.29, 1.82) is 0 Å². The number of ether oxygens (including phenoxy) is 2. The third kappa shape index (κ3) is 4.76. The molecule has 0 saturated carbocycles. The number of rotatable bonds is 5. The average Bonchev–Trinajstić information content (AvgIpc) is 3.14. The van der Waals surface area contributed by atoms with Crippen LogP contribution in [-0.4, -0.2) is 42.2 Å². The Morgan fingerprint density at radius 3 is 2.72 bits per heavy atom. The molecule has 0 spiro atoms. The molecule has 8 heteroatoms. The van der Waals surface area contributed by atoms with Gasteiger partial charge in [-0.1, -0.05) is 23.5 Å². The summed E-state index contributed by atoms with van der Waals surface area (Å²) in [7, 11) is 1.63. The second kappa shape index (κ2) is 8.65. The van der Waals surface area contributed by atoms with Gasteiger partial charge in [-0.15, -0.1) is 0 Å². The van der Waals surface area contributed by atoms with Crippen LogP contribution in [0.1, 0.15) is 18.4 Å². The number of halogens is 1. The lowest BCUT2D eigenvalue weighted by molar-refractivity contribution is 0.111. The number of carbonyl (C=O) groups is 1. The van der Waals surface area contributed by atoms with Gasteiger partial charge < -0.3 is 19.7 Å². The maximum absolute atomic E-state index is 13.3. The number of nitrogens with zero attached hydrogens (tertiary/aromatic N) is 2. The van der Waals surface area contributed by atoms with E-state index in [1.807, 2.05) is 24.3 Å². The molecule has 1 aliphatic heterocycles. The van der Waals surface area contributed by atoms with Crippen molar-refractivity contribution in [3.63, 3.8) is 0 Å². The van der Waals surface area contributed by atoms with E-state index in [2.05, 4.69) is 10.3 Å². The van der Waals surface area contributed by atoms with E-state index in [0.29, 0.717) is 24.8 Å². The Labute approximate surface area is 172 Å². The third-order valence-corrected chi connectivity index (χ3v) is 5.84. The first-order valence-electron chi connectivity index (χ1n) is 9.49. The molecule has 0 aliphatic carbocycles. The molecule has 4 rings (SSSR count). The van der Waals surface area contributed by atoms with Crippen LogP contribution in [0.2, 0.25) is 0 Å². The zero-order chi connectivity index (χ0) is 20.2. The number of likely N-dealkylation sites (tertiary alicyclic amines) is 1. The highest BCUT2D eigenvalue weighted by molar-refractivity contribution is 7.20. The van der Waals surface area contributed by atoms with Gasteiger partial charge in [0.05, 0.1) is 17.3 Å². The molecule has 6 nitrogen and oxygen atoms in total. The maximum Gasteiger partial charge on any atom is 0.317 e. The Kier molecular flexibility index (Phi) is 5.80. The van der Waals surface area contributed by atoms with E-state index in [-0.39, 0.29) is 18.0 Å². The van der Waals surface area contributed by atoms with Crippen molar-refractivity contribution >= 4 is 27.6 Å². The van der Waals surface area contributed by atoms with E-state index in [9.17, 15) is 9.18 Å². The molecule has 1 aliphatic rings. The Bertz CT molecular complexity index is 985. The van der Waals surface area contributed by atoms with Gasteiger partial charge in [0, 0.05) is 32.5 Å². The van der Waals surface area contributed by atoms with Crippen molar-refractivity contribution in [2.24, 2.45) is 0 Å². The van der Waals surface area contributed by atoms with Crippen LogP contribution in [0.4, 0.5) is 9.18 Å². The summed E-state index contributed by atoms with van der Waals surface area (Å²) < 4.78 is 25.2. The molecule has 1 saturated heterocycles. The fourth-order valence-electron chi connectivity index (χ4n) is 3.28. The summed E-state index contributed by atoms with van der Waals surface area (Å²) >= 11 is 1.35. The first-order valence-corrected chi connectivity index (χ1v) is 10.3. The van der Waals surface area contributed by atoms with Gasteiger partial charge in [-0.25, -0.2) is 14.2 Å². The number of piperidine rings is 1. The lowest BCUT2D eigenvalue weighted by Crippen LogP contribution is -2.46. The van der Waals surface area contributed by atoms with E-state index in [4.69, 9.17) is 9.47 Å². The van der Waals surface area contributed by atoms with Gasteiger partial charge in [0.2, 0.25) is 0 Å². The fourth-order valence-corrected chi connectivity index (χ4v) is 4.19. The van der Waals surface area contributed by atoms with Gasteiger partial charge >= 0.3 is 6.03 Å². The van der Waals surface area contributed by atoms with E-state index in [0.717, 1.165) is 34.4 Å². The fraction of sp³-hybridized carbons (Fsp3) is 0.333. The number of aromatic nitrogens is 1. The molecule has 2 aromatic carbocycles. The van der Waals surface area contributed by atoms with Gasteiger partial charge in [0.25, 0.3) is 5.19 Å². The number of benzene rings is 2. The number of urea groups is 1. The maximum atomic E-state index is 13.3. The highest BCUT2D eigenvalue weighted by Gasteiger charge is 2.24. The molecule has 3 aromatic rings. The molecule has 0 unspecified atom stereocenters. The highest BCUT2D eigenvalue weighted by atomic mass is 32.1. The van der Waals surface area contributed by atoms with Crippen molar-refractivity contribution in [2.45, 2.75) is 25.5 Å². The summed E-state index contributed by atoms with van der Waals surface area (Å²) in [5, 5.41) is 3.50. The summed E-state index contributed by atoms with van der Waals surface area (Å²) in [4.78, 5) is 18.6. The predicted molar refractivity (Wildman–Crippen MR) is 110 cm³/mol. The minimum Gasteiger partial charge on any atom is -0.497 e. The second-order valence-corrected chi connectivity index (χ2v) is 7.90. The minimum absolute atomic E-state index is 0.00560. The molecule has 29 heavy (non-hydrogen) atoms. The Hall–Kier alpha value is -2.87. The summed E-state index contributed by atoms with van der Waals surface area (Å²) in [6, 6.07) is 12.1. The van der Waals surface area contributed by atoms with E-state index in [1.165, 1.54) is 23.5 Å². The summed E-state index contributed by atoms with van der Waals surface area (Å²) in [5.74, 6) is 0.516. The molecule has 0 bridgehead atoms. The first-order chi connectivity index (χ1) is 14.1. The van der Waals surface area contributed by atoms with Gasteiger partial charge in [-0.3, -0.25) is 0 Å².